The Morgan fingerprint density at radius 1 is 1.37 bits per heavy atom. The summed E-state index contributed by atoms with van der Waals surface area (Å²) in [4.78, 5) is 14.0. The van der Waals surface area contributed by atoms with Gasteiger partial charge in [-0.1, -0.05) is 19.9 Å². The van der Waals surface area contributed by atoms with Crippen LogP contribution in [0.15, 0.2) is 18.2 Å². The quantitative estimate of drug-likeness (QED) is 0.868. The van der Waals surface area contributed by atoms with Crippen LogP contribution in [0.1, 0.15) is 25.0 Å². The van der Waals surface area contributed by atoms with E-state index in [2.05, 4.69) is 0 Å². The van der Waals surface area contributed by atoms with Crippen molar-refractivity contribution in [1.82, 2.24) is 4.90 Å². The van der Waals surface area contributed by atoms with Crippen molar-refractivity contribution in [2.24, 2.45) is 11.7 Å². The summed E-state index contributed by atoms with van der Waals surface area (Å²) >= 11 is 0. The molecule has 19 heavy (non-hydrogen) atoms. The molecule has 1 heterocycles. The lowest BCUT2D eigenvalue weighted by molar-refractivity contribution is -0.134. The Morgan fingerprint density at radius 3 is 2.68 bits per heavy atom. The lowest BCUT2D eigenvalue weighted by Crippen LogP contribution is -2.48. The fourth-order valence-corrected chi connectivity index (χ4v) is 2.23. The van der Waals surface area contributed by atoms with Gasteiger partial charge in [-0.15, -0.1) is 12.4 Å². The average Bonchev–Trinajstić information content (AvgIpc) is 2.35. The van der Waals surface area contributed by atoms with Crippen molar-refractivity contribution in [2.75, 3.05) is 6.54 Å². The molecule has 0 bridgehead atoms. The predicted molar refractivity (Wildman–Crippen MR) is 77.3 cm³/mol. The Labute approximate surface area is 120 Å². The fraction of sp³-hybridized carbons (Fsp3) is 0.500. The van der Waals surface area contributed by atoms with Gasteiger partial charge in [0.2, 0.25) is 5.91 Å². The van der Waals surface area contributed by atoms with Crippen LogP contribution in [0, 0.1) is 5.92 Å². The fourth-order valence-electron chi connectivity index (χ4n) is 2.23. The zero-order valence-electron chi connectivity index (χ0n) is 11.3. The van der Waals surface area contributed by atoms with Crippen LogP contribution in [-0.4, -0.2) is 28.5 Å². The lowest BCUT2D eigenvalue weighted by Gasteiger charge is -2.31. The summed E-state index contributed by atoms with van der Waals surface area (Å²) in [6.07, 6.45) is 0.826. The first-order valence-electron chi connectivity index (χ1n) is 6.34. The minimum atomic E-state index is -0.441. The highest BCUT2D eigenvalue weighted by atomic mass is 35.5. The maximum atomic E-state index is 12.2. The van der Waals surface area contributed by atoms with Crippen LogP contribution < -0.4 is 5.73 Å². The van der Waals surface area contributed by atoms with E-state index in [0.717, 1.165) is 12.0 Å². The lowest BCUT2D eigenvalue weighted by atomic mass is 9.97. The molecule has 1 atom stereocenters. The Kier molecular flexibility index (Phi) is 5.20. The summed E-state index contributed by atoms with van der Waals surface area (Å²) in [5.74, 6) is 0.387. The summed E-state index contributed by atoms with van der Waals surface area (Å²) in [7, 11) is 0. The van der Waals surface area contributed by atoms with Crippen LogP contribution in [0.2, 0.25) is 0 Å². The Bertz CT molecular complexity index is 463. The first-order chi connectivity index (χ1) is 8.49. The summed E-state index contributed by atoms with van der Waals surface area (Å²) in [6.45, 7) is 5.15. The van der Waals surface area contributed by atoms with Crippen LogP contribution in [-0.2, 0) is 17.8 Å². The van der Waals surface area contributed by atoms with Gasteiger partial charge < -0.3 is 15.7 Å². The maximum absolute atomic E-state index is 12.2. The zero-order chi connectivity index (χ0) is 13.3. The van der Waals surface area contributed by atoms with Crippen LogP contribution in [0.5, 0.6) is 5.75 Å². The molecule has 1 aliphatic rings. The van der Waals surface area contributed by atoms with Crippen molar-refractivity contribution in [1.29, 1.82) is 0 Å². The molecule has 0 aromatic heterocycles. The third-order valence-corrected chi connectivity index (χ3v) is 3.52. The highest BCUT2D eigenvalue weighted by Gasteiger charge is 2.26. The Balaban J connectivity index is 0.00000180. The van der Waals surface area contributed by atoms with E-state index in [-0.39, 0.29) is 30.0 Å². The standard InChI is InChI=1S/C14H20N2O2.ClH/c1-9(2)13(15)14(18)16-6-5-10-3-4-12(17)7-11(10)8-16;/h3-4,7,9,13,17H,5-6,8,15H2,1-2H3;1H/t13-;/m1./s1. The molecule has 0 spiro atoms. The molecule has 0 unspecified atom stereocenters. The summed E-state index contributed by atoms with van der Waals surface area (Å²) < 4.78 is 0. The van der Waals surface area contributed by atoms with Crippen molar-refractivity contribution < 1.29 is 9.90 Å². The number of carbonyl (C=O) groups excluding carboxylic acids is 1. The number of nitrogens with zero attached hydrogens (tertiary/aromatic N) is 1. The average molecular weight is 285 g/mol. The second kappa shape index (κ2) is 6.26. The smallest absolute Gasteiger partial charge is 0.240 e. The molecule has 1 aliphatic heterocycles. The molecule has 0 saturated heterocycles. The van der Waals surface area contributed by atoms with E-state index in [0.29, 0.717) is 13.1 Å². The van der Waals surface area contributed by atoms with Gasteiger partial charge in [-0.3, -0.25) is 4.79 Å². The van der Waals surface area contributed by atoms with Crippen molar-refractivity contribution in [3.63, 3.8) is 0 Å². The minimum Gasteiger partial charge on any atom is -0.508 e. The van der Waals surface area contributed by atoms with Crippen molar-refractivity contribution in [3.05, 3.63) is 29.3 Å². The number of hydrogen-bond donors (Lipinski definition) is 2. The van der Waals surface area contributed by atoms with Gasteiger partial charge in [0.05, 0.1) is 6.04 Å². The van der Waals surface area contributed by atoms with E-state index in [9.17, 15) is 9.90 Å². The Morgan fingerprint density at radius 2 is 2.05 bits per heavy atom. The molecule has 1 amide bonds. The molecule has 1 aromatic carbocycles. The van der Waals surface area contributed by atoms with Crippen molar-refractivity contribution in [2.45, 2.75) is 32.9 Å². The molecular weight excluding hydrogens is 264 g/mol. The normalized spacial score (nSPS) is 15.7. The number of aromatic hydroxyl groups is 1. The predicted octanol–water partition coefficient (Wildman–Crippen LogP) is 1.68. The molecule has 2 rings (SSSR count). The van der Waals surface area contributed by atoms with Gasteiger partial charge >= 0.3 is 0 Å². The number of fused-ring (bicyclic) bond motifs is 1. The second-order valence-electron chi connectivity index (χ2n) is 5.23. The third-order valence-electron chi connectivity index (χ3n) is 3.52. The topological polar surface area (TPSA) is 66.6 Å². The molecule has 5 heteroatoms. The molecule has 106 valence electrons. The Hall–Kier alpha value is -1.26. The number of nitrogens with two attached hydrogens (primary N) is 1. The van der Waals surface area contributed by atoms with Gasteiger partial charge in [-0.2, -0.15) is 0 Å². The van der Waals surface area contributed by atoms with Crippen LogP contribution in [0.25, 0.3) is 0 Å². The molecule has 0 fully saturated rings. The molecule has 0 saturated carbocycles. The number of phenols is 1. The van der Waals surface area contributed by atoms with E-state index in [1.165, 1.54) is 5.56 Å². The third kappa shape index (κ3) is 3.39. The summed E-state index contributed by atoms with van der Waals surface area (Å²) in [6, 6.07) is 4.91. The highest BCUT2D eigenvalue weighted by Crippen LogP contribution is 2.23. The van der Waals surface area contributed by atoms with E-state index in [4.69, 9.17) is 5.73 Å². The molecule has 3 N–H and O–H groups in total. The molecule has 0 aliphatic carbocycles. The van der Waals surface area contributed by atoms with E-state index >= 15 is 0 Å². The minimum absolute atomic E-state index is 0. The molecule has 4 nitrogen and oxygen atoms in total. The number of hydrogen-bond acceptors (Lipinski definition) is 3. The van der Waals surface area contributed by atoms with Gasteiger partial charge in [0, 0.05) is 13.1 Å². The van der Waals surface area contributed by atoms with Crippen LogP contribution in [0.3, 0.4) is 0 Å². The maximum Gasteiger partial charge on any atom is 0.240 e. The number of halogens is 1. The molecular formula is C14H21ClN2O2. The number of amides is 1. The van der Waals surface area contributed by atoms with Gasteiger partial charge in [0.25, 0.3) is 0 Å². The van der Waals surface area contributed by atoms with Crippen molar-refractivity contribution in [3.8, 4) is 5.75 Å². The first kappa shape index (κ1) is 15.8. The second-order valence-corrected chi connectivity index (χ2v) is 5.23. The molecule has 0 radical (unpaired) electrons. The number of phenolic OH excluding ortho intramolecular Hbond substituents is 1. The van der Waals surface area contributed by atoms with E-state index in [1.807, 2.05) is 19.9 Å². The van der Waals surface area contributed by atoms with Gasteiger partial charge in [0.1, 0.15) is 5.75 Å². The zero-order valence-corrected chi connectivity index (χ0v) is 12.1. The van der Waals surface area contributed by atoms with Gasteiger partial charge in [0.15, 0.2) is 0 Å². The SMILES string of the molecule is CC(C)[C@@H](N)C(=O)N1CCc2ccc(O)cc2C1.Cl. The van der Waals surface area contributed by atoms with Crippen LogP contribution >= 0.6 is 12.4 Å². The van der Waals surface area contributed by atoms with E-state index in [1.54, 1.807) is 17.0 Å². The number of carbonyl (C=O) groups is 1. The first-order valence-corrected chi connectivity index (χ1v) is 6.34. The summed E-state index contributed by atoms with van der Waals surface area (Å²) in [5.41, 5.74) is 8.12. The van der Waals surface area contributed by atoms with Crippen LogP contribution in [0.4, 0.5) is 0 Å². The monoisotopic (exact) mass is 284 g/mol. The van der Waals surface area contributed by atoms with Gasteiger partial charge in [-0.25, -0.2) is 0 Å². The number of rotatable bonds is 2. The summed E-state index contributed by atoms with van der Waals surface area (Å²) in [5, 5.41) is 9.48. The number of benzene rings is 1. The molecule has 1 aromatic rings. The van der Waals surface area contributed by atoms with E-state index < -0.39 is 6.04 Å². The highest BCUT2D eigenvalue weighted by molar-refractivity contribution is 5.85. The van der Waals surface area contributed by atoms with Gasteiger partial charge in [-0.05, 0) is 35.6 Å². The van der Waals surface area contributed by atoms with Crippen molar-refractivity contribution >= 4 is 18.3 Å². The largest absolute Gasteiger partial charge is 0.508 e.